The van der Waals surface area contributed by atoms with E-state index in [2.05, 4.69) is 102 Å². The molecule has 9 aromatic rings. The van der Waals surface area contributed by atoms with E-state index < -0.39 is 7.14 Å². The summed E-state index contributed by atoms with van der Waals surface area (Å²) in [5.74, 6) is 0.972. The highest BCUT2D eigenvalue weighted by atomic mass is 31.2. The first-order valence-corrected chi connectivity index (χ1v) is 18.5. The molecule has 1 unspecified atom stereocenters. The van der Waals surface area contributed by atoms with Crippen LogP contribution in [0.4, 0.5) is 0 Å². The van der Waals surface area contributed by atoms with Crippen LogP contribution in [0.1, 0.15) is 12.7 Å². The van der Waals surface area contributed by atoms with E-state index in [1.165, 1.54) is 5.56 Å². The van der Waals surface area contributed by atoms with Gasteiger partial charge < -0.3 is 4.57 Å². The topological polar surface area (TPSA) is 47.8 Å². The largest absolute Gasteiger partial charge is 0.308 e. The van der Waals surface area contributed by atoms with E-state index in [0.717, 1.165) is 94.0 Å². The third-order valence-corrected chi connectivity index (χ3v) is 13.3. The summed E-state index contributed by atoms with van der Waals surface area (Å²) in [5.41, 5.74) is 8.24. The molecule has 7 aromatic carbocycles. The SMILES string of the molecule is CCc1nc2cccc3c2n1-c1ccc(-c2c4ccccc4c(-c4cccc5cccnc45)c4ccccc24)cc1P3(=O)c1ccccc1. The molecule has 0 fully saturated rings. The lowest BCUT2D eigenvalue weighted by Crippen LogP contribution is -2.33. The Morgan fingerprint density at radius 3 is 2.04 bits per heavy atom. The van der Waals surface area contributed by atoms with Gasteiger partial charge in [-0.1, -0.05) is 122 Å². The number of hydrogen-bond acceptors (Lipinski definition) is 3. The van der Waals surface area contributed by atoms with Crippen LogP contribution < -0.4 is 15.9 Å². The average Bonchev–Trinajstić information content (AvgIpc) is 3.55. The zero-order chi connectivity index (χ0) is 32.7. The van der Waals surface area contributed by atoms with E-state index in [1.54, 1.807) is 0 Å². The van der Waals surface area contributed by atoms with Gasteiger partial charge in [-0.15, -0.1) is 0 Å². The van der Waals surface area contributed by atoms with Crippen LogP contribution in [-0.4, -0.2) is 14.5 Å². The number of rotatable bonds is 4. The third kappa shape index (κ3) is 3.90. The normalized spacial score (nSPS) is 15.3. The number of imidazole rings is 1. The zero-order valence-electron chi connectivity index (χ0n) is 26.8. The highest BCUT2D eigenvalue weighted by Gasteiger charge is 2.40. The fraction of sp³-hybridized carbons (Fsp3) is 0.0455. The third-order valence-electron chi connectivity index (χ3n) is 10.2. The lowest BCUT2D eigenvalue weighted by Gasteiger charge is -2.30. The Kier molecular flexibility index (Phi) is 6.09. The van der Waals surface area contributed by atoms with E-state index in [0.29, 0.717) is 0 Å². The van der Waals surface area contributed by atoms with Crippen LogP contribution in [0, 0.1) is 0 Å². The number of para-hydroxylation sites is 2. The summed E-state index contributed by atoms with van der Waals surface area (Å²) in [6, 6.07) is 50.6. The Hall–Kier alpha value is -5.83. The Morgan fingerprint density at radius 2 is 1.31 bits per heavy atom. The van der Waals surface area contributed by atoms with Crippen LogP contribution in [0.2, 0.25) is 0 Å². The standard InChI is InChI=1S/C44H30N3OP/c1-2-40-46-36-22-11-23-38-44(36)47(40)37-25-24-29(27-39(37)49(38,48)30-15-4-3-5-16-30)41-31-17-6-8-19-33(31)42(34-20-9-7-18-32(34)41)35-21-10-13-28-14-12-26-45-43(28)35/h3-27H,2H2,1H3. The van der Waals surface area contributed by atoms with Gasteiger partial charge in [0.25, 0.3) is 0 Å². The minimum Gasteiger partial charge on any atom is -0.308 e. The maximum Gasteiger partial charge on any atom is 0.175 e. The van der Waals surface area contributed by atoms with Gasteiger partial charge in [0.05, 0.1) is 22.2 Å². The van der Waals surface area contributed by atoms with Crippen LogP contribution in [0.15, 0.2) is 152 Å². The fourth-order valence-corrected chi connectivity index (χ4v) is 11.1. The molecule has 2 aromatic heterocycles. The summed E-state index contributed by atoms with van der Waals surface area (Å²) in [6.07, 6.45) is 2.64. The van der Waals surface area contributed by atoms with Crippen molar-refractivity contribution in [1.29, 1.82) is 0 Å². The minimum atomic E-state index is -3.28. The molecule has 0 spiro atoms. The van der Waals surface area contributed by atoms with Gasteiger partial charge in [0.15, 0.2) is 7.14 Å². The molecule has 1 aliphatic heterocycles. The molecule has 0 radical (unpaired) electrons. The van der Waals surface area contributed by atoms with Crippen LogP contribution in [0.5, 0.6) is 0 Å². The smallest absolute Gasteiger partial charge is 0.175 e. The first-order valence-electron chi connectivity index (χ1n) is 16.8. The molecular weight excluding hydrogens is 617 g/mol. The van der Waals surface area contributed by atoms with Crippen molar-refractivity contribution in [2.75, 3.05) is 0 Å². The number of benzene rings is 7. The molecule has 4 nitrogen and oxygen atoms in total. The number of fused-ring (bicyclic) bond motifs is 5. The van der Waals surface area contributed by atoms with Gasteiger partial charge in [0, 0.05) is 39.5 Å². The molecule has 1 aliphatic rings. The lowest BCUT2D eigenvalue weighted by molar-refractivity contribution is 0.592. The summed E-state index contributed by atoms with van der Waals surface area (Å²) < 4.78 is 18.2. The highest BCUT2D eigenvalue weighted by molar-refractivity contribution is 7.86. The summed E-state index contributed by atoms with van der Waals surface area (Å²) >= 11 is 0. The second-order valence-corrected chi connectivity index (χ2v) is 15.4. The number of pyridine rings is 1. The maximum atomic E-state index is 16.0. The molecule has 3 heterocycles. The lowest BCUT2D eigenvalue weighted by atomic mass is 9.85. The van der Waals surface area contributed by atoms with E-state index in [-0.39, 0.29) is 0 Å². The number of nitrogens with zero attached hydrogens (tertiary/aromatic N) is 3. The van der Waals surface area contributed by atoms with E-state index >= 15 is 4.57 Å². The zero-order valence-corrected chi connectivity index (χ0v) is 27.7. The molecule has 0 saturated carbocycles. The molecular formula is C44H30N3OP. The first kappa shape index (κ1) is 28.2. The van der Waals surface area contributed by atoms with Gasteiger partial charge >= 0.3 is 0 Å². The Morgan fingerprint density at radius 1 is 0.633 bits per heavy atom. The van der Waals surface area contributed by atoms with E-state index in [4.69, 9.17) is 9.97 Å². The number of aromatic nitrogens is 3. The summed E-state index contributed by atoms with van der Waals surface area (Å²) in [6.45, 7) is 2.13. The Bertz CT molecular complexity index is 2790. The van der Waals surface area contributed by atoms with Crippen molar-refractivity contribution in [2.45, 2.75) is 13.3 Å². The monoisotopic (exact) mass is 647 g/mol. The Balaban J connectivity index is 1.32. The van der Waals surface area contributed by atoms with Crippen molar-refractivity contribution in [2.24, 2.45) is 0 Å². The maximum absolute atomic E-state index is 16.0. The fourth-order valence-electron chi connectivity index (χ4n) is 8.11. The summed E-state index contributed by atoms with van der Waals surface area (Å²) in [7, 11) is -3.28. The predicted molar refractivity (Wildman–Crippen MR) is 205 cm³/mol. The molecule has 0 amide bonds. The van der Waals surface area contributed by atoms with Crippen molar-refractivity contribution >= 4 is 66.5 Å². The molecule has 0 aliphatic carbocycles. The quantitative estimate of drug-likeness (QED) is 0.141. The molecule has 10 rings (SSSR count). The van der Waals surface area contributed by atoms with Crippen molar-refractivity contribution in [1.82, 2.24) is 14.5 Å². The van der Waals surface area contributed by atoms with Gasteiger partial charge in [-0.3, -0.25) is 9.55 Å². The van der Waals surface area contributed by atoms with Crippen LogP contribution >= 0.6 is 7.14 Å². The van der Waals surface area contributed by atoms with Crippen LogP contribution in [0.25, 0.3) is 71.4 Å². The van der Waals surface area contributed by atoms with Gasteiger partial charge in [-0.05, 0) is 68.6 Å². The van der Waals surface area contributed by atoms with Crippen LogP contribution in [-0.2, 0) is 11.0 Å². The predicted octanol–water partition coefficient (Wildman–Crippen LogP) is 9.73. The second-order valence-electron chi connectivity index (χ2n) is 12.7. The van der Waals surface area contributed by atoms with Crippen molar-refractivity contribution in [3.05, 3.63) is 158 Å². The molecule has 49 heavy (non-hydrogen) atoms. The first-order chi connectivity index (χ1) is 24.2. The molecule has 0 N–H and O–H groups in total. The van der Waals surface area contributed by atoms with E-state index in [9.17, 15) is 0 Å². The van der Waals surface area contributed by atoms with Crippen molar-refractivity contribution in [3.8, 4) is 27.9 Å². The van der Waals surface area contributed by atoms with Gasteiger partial charge in [0.2, 0.25) is 0 Å². The summed E-state index contributed by atoms with van der Waals surface area (Å²) in [5, 5.41) is 8.26. The summed E-state index contributed by atoms with van der Waals surface area (Å²) in [4.78, 5) is 9.87. The molecule has 1 atom stereocenters. The number of aryl methyl sites for hydroxylation is 1. The molecule has 232 valence electrons. The number of hydrogen-bond donors (Lipinski definition) is 0. The minimum absolute atomic E-state index is 0.769. The molecule has 5 heteroatoms. The Labute approximate surface area is 283 Å². The average molecular weight is 648 g/mol. The van der Waals surface area contributed by atoms with Crippen molar-refractivity contribution in [3.63, 3.8) is 0 Å². The highest BCUT2D eigenvalue weighted by Crippen LogP contribution is 2.51. The second kappa shape index (κ2) is 10.6. The van der Waals surface area contributed by atoms with Crippen molar-refractivity contribution < 1.29 is 4.57 Å². The van der Waals surface area contributed by atoms with Crippen LogP contribution in [0.3, 0.4) is 0 Å². The van der Waals surface area contributed by atoms with Gasteiger partial charge in [0.1, 0.15) is 5.82 Å². The van der Waals surface area contributed by atoms with Gasteiger partial charge in [-0.25, -0.2) is 4.98 Å². The van der Waals surface area contributed by atoms with E-state index in [1.807, 2.05) is 60.8 Å². The molecule has 0 bridgehead atoms. The van der Waals surface area contributed by atoms with Gasteiger partial charge in [-0.2, -0.15) is 0 Å². The molecule has 0 saturated heterocycles.